The largest absolute Gasteiger partial charge is 0.353 e. The maximum absolute atomic E-state index is 6.00. The molecule has 1 aliphatic carbocycles. The highest BCUT2D eigenvalue weighted by Crippen LogP contribution is 2.61. The average molecular weight is 228 g/mol. The highest BCUT2D eigenvalue weighted by Gasteiger charge is 2.72. The number of hydrogen-bond donors (Lipinski definition) is 0. The summed E-state index contributed by atoms with van der Waals surface area (Å²) in [5.41, 5.74) is -0.131. The van der Waals surface area contributed by atoms with Crippen LogP contribution in [-0.4, -0.2) is 37.0 Å². The summed E-state index contributed by atoms with van der Waals surface area (Å²) in [6.45, 7) is 6.10. The van der Waals surface area contributed by atoms with E-state index in [1.165, 1.54) is 0 Å². The summed E-state index contributed by atoms with van der Waals surface area (Å²) in [5, 5.41) is 0. The molecule has 0 radical (unpaired) electrons. The Bertz CT molecular complexity index is 303. The molecule has 2 unspecified atom stereocenters. The van der Waals surface area contributed by atoms with E-state index in [9.17, 15) is 0 Å². The van der Waals surface area contributed by atoms with E-state index in [1.54, 1.807) is 7.11 Å². The molecule has 0 bridgehead atoms. The number of methoxy groups -OCH3 is 1. The zero-order valence-electron chi connectivity index (χ0n) is 10.4. The normalized spacial score (nSPS) is 53.2. The average Bonchev–Trinajstić information content (AvgIpc) is 2.75. The van der Waals surface area contributed by atoms with E-state index in [0.717, 1.165) is 12.8 Å². The predicted octanol–water partition coefficient (Wildman–Crippen LogP) is 1.68. The Hall–Kier alpha value is -0.160. The maximum atomic E-state index is 6.00. The van der Waals surface area contributed by atoms with Crippen LogP contribution >= 0.6 is 0 Å². The van der Waals surface area contributed by atoms with Crippen molar-refractivity contribution in [3.8, 4) is 0 Å². The summed E-state index contributed by atoms with van der Waals surface area (Å²) in [5.74, 6) is 0.0849. The molecule has 4 heteroatoms. The molecule has 0 aromatic heterocycles. The van der Waals surface area contributed by atoms with Crippen LogP contribution in [0.15, 0.2) is 0 Å². The third-order valence-corrected chi connectivity index (χ3v) is 4.04. The van der Waals surface area contributed by atoms with Gasteiger partial charge in [-0.3, -0.25) is 0 Å². The van der Waals surface area contributed by atoms with E-state index in [-0.39, 0.29) is 24.1 Å². The second kappa shape index (κ2) is 3.19. The molecule has 0 aromatic rings. The quantitative estimate of drug-likeness (QED) is 0.720. The van der Waals surface area contributed by atoms with Crippen molar-refractivity contribution in [1.82, 2.24) is 0 Å². The predicted molar refractivity (Wildman–Crippen MR) is 56.8 cm³/mol. The van der Waals surface area contributed by atoms with Gasteiger partial charge < -0.3 is 18.9 Å². The molecule has 2 saturated heterocycles. The molecule has 4 nitrogen and oxygen atoms in total. The second-order valence-electron chi connectivity index (χ2n) is 5.51. The first-order valence-corrected chi connectivity index (χ1v) is 6.08. The molecular formula is C12H20O4. The van der Waals surface area contributed by atoms with Crippen molar-refractivity contribution in [2.24, 2.45) is 5.92 Å². The highest BCUT2D eigenvalue weighted by molar-refractivity contribution is 5.18. The number of hydrogen-bond acceptors (Lipinski definition) is 4. The van der Waals surface area contributed by atoms with Crippen LogP contribution in [0.5, 0.6) is 0 Å². The highest BCUT2D eigenvalue weighted by atomic mass is 16.8. The van der Waals surface area contributed by atoms with Crippen LogP contribution in [0.25, 0.3) is 0 Å². The Morgan fingerprint density at radius 3 is 2.56 bits per heavy atom. The van der Waals surface area contributed by atoms with Crippen LogP contribution < -0.4 is 0 Å². The molecular weight excluding hydrogens is 208 g/mol. The van der Waals surface area contributed by atoms with Crippen molar-refractivity contribution in [2.75, 3.05) is 7.11 Å². The van der Waals surface area contributed by atoms with Gasteiger partial charge in [-0.15, -0.1) is 0 Å². The van der Waals surface area contributed by atoms with Gasteiger partial charge in [0.2, 0.25) is 0 Å². The van der Waals surface area contributed by atoms with E-state index in [4.69, 9.17) is 18.9 Å². The lowest BCUT2D eigenvalue weighted by molar-refractivity contribution is -0.234. The van der Waals surface area contributed by atoms with Crippen molar-refractivity contribution in [3.63, 3.8) is 0 Å². The van der Waals surface area contributed by atoms with E-state index in [0.29, 0.717) is 5.92 Å². The zero-order chi connectivity index (χ0) is 11.6. The summed E-state index contributed by atoms with van der Waals surface area (Å²) in [7, 11) is 1.67. The first-order valence-electron chi connectivity index (χ1n) is 6.08. The van der Waals surface area contributed by atoms with Gasteiger partial charge in [0.15, 0.2) is 12.1 Å². The minimum atomic E-state index is -0.510. The first-order chi connectivity index (χ1) is 7.52. The second-order valence-corrected chi connectivity index (χ2v) is 5.51. The Labute approximate surface area is 96.2 Å². The van der Waals surface area contributed by atoms with Gasteiger partial charge in [0.1, 0.15) is 17.8 Å². The maximum Gasteiger partial charge on any atom is 0.186 e. The number of rotatable bonds is 2. The minimum absolute atomic E-state index is 0.0393. The topological polar surface area (TPSA) is 36.9 Å². The van der Waals surface area contributed by atoms with Crippen LogP contribution in [0.1, 0.15) is 33.6 Å². The molecule has 5 atom stereocenters. The van der Waals surface area contributed by atoms with E-state index in [1.807, 2.05) is 13.8 Å². The molecule has 2 heterocycles. The lowest BCUT2D eigenvalue weighted by atomic mass is 10.1. The molecule has 3 fully saturated rings. The Kier molecular flexibility index (Phi) is 2.19. The van der Waals surface area contributed by atoms with Gasteiger partial charge in [-0.1, -0.05) is 13.3 Å². The monoisotopic (exact) mass is 228 g/mol. The van der Waals surface area contributed by atoms with Crippen LogP contribution in [0.3, 0.4) is 0 Å². The van der Waals surface area contributed by atoms with Gasteiger partial charge in [0.05, 0.1) is 0 Å². The summed E-state index contributed by atoms with van der Waals surface area (Å²) < 4.78 is 23.2. The van der Waals surface area contributed by atoms with Crippen LogP contribution in [0, 0.1) is 5.92 Å². The Balaban J connectivity index is 1.85. The number of fused-ring (bicyclic) bond motifs is 2. The zero-order valence-corrected chi connectivity index (χ0v) is 10.4. The number of ether oxygens (including phenoxy) is 4. The molecule has 1 spiro atoms. The van der Waals surface area contributed by atoms with E-state index < -0.39 is 5.79 Å². The van der Waals surface area contributed by atoms with E-state index in [2.05, 4.69) is 6.92 Å². The standard InChI is InChI=1S/C12H20O4/c1-5-7-6-12(7)9-8(10(13-4)16-12)14-11(2,3)15-9/h7-10H,5-6H2,1-4H3/t7-,8-,9?,10?,12-/m0/s1. The molecule has 92 valence electrons. The fourth-order valence-electron chi connectivity index (χ4n) is 3.21. The van der Waals surface area contributed by atoms with Gasteiger partial charge in [-0.05, 0) is 26.2 Å². The van der Waals surface area contributed by atoms with Crippen LogP contribution in [-0.2, 0) is 18.9 Å². The first kappa shape index (κ1) is 11.0. The minimum Gasteiger partial charge on any atom is -0.353 e. The van der Waals surface area contributed by atoms with E-state index >= 15 is 0 Å². The fourth-order valence-corrected chi connectivity index (χ4v) is 3.21. The van der Waals surface area contributed by atoms with Gasteiger partial charge in [0.25, 0.3) is 0 Å². The SMILES string of the molecule is CC[C@H]1C[C@]12OC(OC)[C@H]1OC(C)(C)OC12. The van der Waals surface area contributed by atoms with Crippen molar-refractivity contribution in [1.29, 1.82) is 0 Å². The molecule has 1 saturated carbocycles. The van der Waals surface area contributed by atoms with Crippen molar-refractivity contribution >= 4 is 0 Å². The van der Waals surface area contributed by atoms with Crippen LogP contribution in [0.2, 0.25) is 0 Å². The summed E-state index contributed by atoms with van der Waals surface area (Å²) >= 11 is 0. The van der Waals surface area contributed by atoms with Crippen LogP contribution in [0.4, 0.5) is 0 Å². The Morgan fingerprint density at radius 2 is 2.00 bits per heavy atom. The summed E-state index contributed by atoms with van der Waals surface area (Å²) in [6, 6.07) is 0. The summed E-state index contributed by atoms with van der Waals surface area (Å²) in [4.78, 5) is 0. The van der Waals surface area contributed by atoms with Gasteiger partial charge in [-0.25, -0.2) is 0 Å². The smallest absolute Gasteiger partial charge is 0.186 e. The Morgan fingerprint density at radius 1 is 1.25 bits per heavy atom. The third kappa shape index (κ3) is 1.30. The van der Waals surface area contributed by atoms with Gasteiger partial charge in [-0.2, -0.15) is 0 Å². The third-order valence-electron chi connectivity index (χ3n) is 4.04. The van der Waals surface area contributed by atoms with Crippen molar-refractivity contribution < 1.29 is 18.9 Å². The van der Waals surface area contributed by atoms with Crippen molar-refractivity contribution in [3.05, 3.63) is 0 Å². The summed E-state index contributed by atoms with van der Waals surface area (Å²) in [6.07, 6.45) is 1.89. The lowest BCUT2D eigenvalue weighted by Crippen LogP contribution is -2.32. The van der Waals surface area contributed by atoms with Gasteiger partial charge >= 0.3 is 0 Å². The molecule has 0 N–H and O–H groups in total. The van der Waals surface area contributed by atoms with Crippen molar-refractivity contribution in [2.45, 2.75) is 63.5 Å². The van der Waals surface area contributed by atoms with Gasteiger partial charge in [0, 0.05) is 7.11 Å². The molecule has 0 amide bonds. The molecule has 3 aliphatic rings. The molecule has 0 aromatic carbocycles. The lowest BCUT2D eigenvalue weighted by Gasteiger charge is -2.24. The molecule has 16 heavy (non-hydrogen) atoms. The fraction of sp³-hybridized carbons (Fsp3) is 1.00. The molecule has 2 aliphatic heterocycles. The molecule has 3 rings (SSSR count).